The zero-order valence-corrected chi connectivity index (χ0v) is 12.1. The van der Waals surface area contributed by atoms with Gasteiger partial charge in [-0.15, -0.1) is 12.8 Å². The molecule has 0 saturated heterocycles. The zero-order valence-electron chi connectivity index (χ0n) is 12.1. The lowest BCUT2D eigenvalue weighted by Gasteiger charge is -2.10. The Balaban J connectivity index is -0.000000245. The summed E-state index contributed by atoms with van der Waals surface area (Å²) in [5.74, 6) is 0. The molecule has 0 atom stereocenters. The molecule has 94 valence electrons. The second kappa shape index (κ2) is 19.6. The molecule has 0 saturated carbocycles. The predicted molar refractivity (Wildman–Crippen MR) is 78.6 cm³/mol. The molecule has 0 nitrogen and oxygen atoms in total. The van der Waals surface area contributed by atoms with Crippen molar-refractivity contribution >= 4 is 0 Å². The van der Waals surface area contributed by atoms with Gasteiger partial charge in [-0.1, -0.05) is 58.8 Å². The number of hydrogen-bond acceptors (Lipinski definition) is 0. The largest absolute Gasteiger partial charge is 0.124 e. The van der Waals surface area contributed by atoms with Crippen LogP contribution in [0.4, 0.5) is 0 Å². The van der Waals surface area contributed by atoms with E-state index in [1.807, 2.05) is 27.7 Å². The van der Waals surface area contributed by atoms with E-state index in [-0.39, 0.29) is 0 Å². The van der Waals surface area contributed by atoms with Crippen molar-refractivity contribution in [2.45, 2.75) is 67.2 Å². The van der Waals surface area contributed by atoms with Gasteiger partial charge in [0.25, 0.3) is 0 Å². The van der Waals surface area contributed by atoms with E-state index < -0.39 is 0 Å². The molecule has 0 spiro atoms. The Kier molecular flexibility index (Phi) is 25.0. The zero-order chi connectivity index (χ0) is 13.4. The van der Waals surface area contributed by atoms with Gasteiger partial charge in [0.1, 0.15) is 0 Å². The van der Waals surface area contributed by atoms with E-state index in [9.17, 15) is 0 Å². The molecule has 0 N–H and O–H groups in total. The summed E-state index contributed by atoms with van der Waals surface area (Å²) in [6, 6.07) is 0. The number of hydrogen-bond donors (Lipinski definition) is 0. The topological polar surface area (TPSA) is 0 Å². The summed E-state index contributed by atoms with van der Waals surface area (Å²) in [6.45, 7) is 12.5. The molecule has 0 aromatic carbocycles. The van der Waals surface area contributed by atoms with E-state index in [0.717, 1.165) is 0 Å². The first-order valence-corrected chi connectivity index (χ1v) is 6.53. The van der Waals surface area contributed by atoms with E-state index in [2.05, 4.69) is 38.8 Å². The van der Waals surface area contributed by atoms with Crippen LogP contribution >= 0.6 is 0 Å². The van der Waals surface area contributed by atoms with Gasteiger partial charge in [-0.2, -0.15) is 0 Å². The average molecular weight is 222 g/mol. The molecule has 16 heavy (non-hydrogen) atoms. The molecular weight excluding hydrogens is 192 g/mol. The maximum atomic E-state index is 4.00. The van der Waals surface area contributed by atoms with E-state index >= 15 is 0 Å². The second-order valence-corrected chi connectivity index (χ2v) is 3.00. The fourth-order valence-electron chi connectivity index (χ4n) is 1.39. The van der Waals surface area contributed by atoms with Gasteiger partial charge in [-0.05, 0) is 31.8 Å². The Hall–Kier alpha value is -0.960. The van der Waals surface area contributed by atoms with Crippen LogP contribution < -0.4 is 0 Å². The lowest BCUT2D eigenvalue weighted by atomic mass is 9.96. The third-order valence-corrected chi connectivity index (χ3v) is 2.07. The molecule has 0 aromatic heterocycles. The van der Waals surface area contributed by atoms with Crippen molar-refractivity contribution in [2.24, 2.45) is 0 Å². The molecule has 0 aromatic rings. The number of rotatable bonds is 2. The molecule has 0 bridgehead atoms. The Morgan fingerprint density at radius 1 is 1.12 bits per heavy atom. The maximum absolute atomic E-state index is 4.00. The molecule has 1 aliphatic rings. The van der Waals surface area contributed by atoms with Crippen LogP contribution in [0.25, 0.3) is 0 Å². The van der Waals surface area contributed by atoms with Gasteiger partial charge in [0.15, 0.2) is 0 Å². The minimum Gasteiger partial charge on any atom is -0.124 e. The van der Waals surface area contributed by atoms with Crippen LogP contribution in [-0.4, -0.2) is 0 Å². The van der Waals surface area contributed by atoms with E-state index in [1.54, 1.807) is 11.1 Å². The molecule has 0 heteroatoms. The summed E-state index contributed by atoms with van der Waals surface area (Å²) < 4.78 is 0. The van der Waals surface area contributed by atoms with Crippen LogP contribution in [0.2, 0.25) is 0 Å². The van der Waals surface area contributed by atoms with Crippen LogP contribution in [0, 0.1) is 12.8 Å². The van der Waals surface area contributed by atoms with E-state index in [0.29, 0.717) is 0 Å². The van der Waals surface area contributed by atoms with E-state index in [1.165, 1.54) is 25.7 Å². The predicted octanol–water partition coefficient (Wildman–Crippen LogP) is 5.75. The van der Waals surface area contributed by atoms with Gasteiger partial charge in [0.05, 0.1) is 0 Å². The SMILES string of the molecule is C#C.CC.CC.CCCC1=C(C)CCC=C1. The third-order valence-electron chi connectivity index (χ3n) is 2.07. The molecular formula is C16H30. The summed E-state index contributed by atoms with van der Waals surface area (Å²) in [7, 11) is 0. The van der Waals surface area contributed by atoms with Crippen molar-refractivity contribution in [3.8, 4) is 12.8 Å². The van der Waals surface area contributed by atoms with Crippen LogP contribution in [0.3, 0.4) is 0 Å². The standard InChI is InChI=1S/C10H16.2C2H6.C2H2/c1-3-6-10-8-5-4-7-9(10)2;3*1-2/h5,8H,3-4,6-7H2,1-2H3;2*1-2H3;1-2H. The molecule has 0 radical (unpaired) electrons. The lowest BCUT2D eigenvalue weighted by molar-refractivity contribution is 0.858. The minimum absolute atomic E-state index is 1.25. The smallest absolute Gasteiger partial charge is 0.0282 e. The average Bonchev–Trinajstić information content (AvgIpc) is 2.40. The molecule has 1 rings (SSSR count). The Labute approximate surface area is 104 Å². The summed E-state index contributed by atoms with van der Waals surface area (Å²) in [5, 5.41) is 0. The normalized spacial score (nSPS) is 12.2. The minimum atomic E-state index is 1.25. The van der Waals surface area contributed by atoms with Crippen LogP contribution in [0.1, 0.15) is 67.2 Å². The fraction of sp³-hybridized carbons (Fsp3) is 0.625. The first-order chi connectivity index (χ1) is 7.84. The molecule has 0 heterocycles. The third kappa shape index (κ3) is 11.1. The van der Waals surface area contributed by atoms with E-state index in [4.69, 9.17) is 0 Å². The first-order valence-electron chi connectivity index (χ1n) is 6.53. The number of terminal acetylenes is 1. The Bertz CT molecular complexity index is 191. The highest BCUT2D eigenvalue weighted by Gasteiger charge is 2.01. The lowest BCUT2D eigenvalue weighted by Crippen LogP contribution is -1.90. The van der Waals surface area contributed by atoms with Crippen molar-refractivity contribution in [2.75, 3.05) is 0 Å². The molecule has 0 aliphatic heterocycles. The maximum Gasteiger partial charge on any atom is -0.0282 e. The van der Waals surface area contributed by atoms with Crippen molar-refractivity contribution in [3.63, 3.8) is 0 Å². The van der Waals surface area contributed by atoms with Gasteiger partial charge < -0.3 is 0 Å². The first kappa shape index (κ1) is 20.5. The van der Waals surface area contributed by atoms with Gasteiger partial charge in [-0.25, -0.2) is 0 Å². The van der Waals surface area contributed by atoms with Crippen molar-refractivity contribution in [1.29, 1.82) is 0 Å². The van der Waals surface area contributed by atoms with Crippen LogP contribution in [0.5, 0.6) is 0 Å². The highest BCUT2D eigenvalue weighted by atomic mass is 14.1. The molecule has 0 fully saturated rings. The van der Waals surface area contributed by atoms with Crippen molar-refractivity contribution in [1.82, 2.24) is 0 Å². The summed E-state index contributed by atoms with van der Waals surface area (Å²) in [6.07, 6.45) is 17.7. The second-order valence-electron chi connectivity index (χ2n) is 3.00. The summed E-state index contributed by atoms with van der Waals surface area (Å²) >= 11 is 0. The van der Waals surface area contributed by atoms with Crippen LogP contribution in [-0.2, 0) is 0 Å². The van der Waals surface area contributed by atoms with Crippen molar-refractivity contribution < 1.29 is 0 Å². The van der Waals surface area contributed by atoms with Crippen molar-refractivity contribution in [3.05, 3.63) is 23.3 Å². The van der Waals surface area contributed by atoms with Crippen LogP contribution in [0.15, 0.2) is 23.3 Å². The monoisotopic (exact) mass is 222 g/mol. The number of allylic oxidation sites excluding steroid dienone is 4. The summed E-state index contributed by atoms with van der Waals surface area (Å²) in [5.41, 5.74) is 3.18. The highest BCUT2D eigenvalue weighted by molar-refractivity contribution is 5.27. The molecule has 0 unspecified atom stereocenters. The molecule has 0 amide bonds. The Morgan fingerprint density at radius 3 is 2.00 bits per heavy atom. The van der Waals surface area contributed by atoms with Gasteiger partial charge >= 0.3 is 0 Å². The quantitative estimate of drug-likeness (QED) is 0.521. The van der Waals surface area contributed by atoms with Gasteiger partial charge in [0, 0.05) is 0 Å². The van der Waals surface area contributed by atoms with Gasteiger partial charge in [0.2, 0.25) is 0 Å². The highest BCUT2D eigenvalue weighted by Crippen LogP contribution is 2.21. The fourth-order valence-corrected chi connectivity index (χ4v) is 1.39. The summed E-state index contributed by atoms with van der Waals surface area (Å²) in [4.78, 5) is 0. The van der Waals surface area contributed by atoms with Gasteiger partial charge in [-0.3, -0.25) is 0 Å². The Morgan fingerprint density at radius 2 is 1.62 bits per heavy atom. The molecule has 1 aliphatic carbocycles.